The SMILES string of the molecule is [2H]c1c([2H])c([2H])c(-c2ccc(-c3ccccc3)nc2)c([2H])c1[2H]. The van der Waals surface area contributed by atoms with E-state index in [1.54, 1.807) is 12.1 Å². The van der Waals surface area contributed by atoms with E-state index in [1.165, 1.54) is 6.20 Å². The minimum atomic E-state index is -0.391. The van der Waals surface area contributed by atoms with Gasteiger partial charge in [0.25, 0.3) is 0 Å². The van der Waals surface area contributed by atoms with Crippen molar-refractivity contribution in [2.45, 2.75) is 0 Å². The average Bonchev–Trinajstić information content (AvgIpc) is 2.60. The number of aromatic nitrogens is 1. The maximum absolute atomic E-state index is 7.99. The summed E-state index contributed by atoms with van der Waals surface area (Å²) in [7, 11) is 0. The number of hydrogen-bond acceptors (Lipinski definition) is 1. The Bertz CT molecular complexity index is 831. The maximum Gasteiger partial charge on any atom is 0.0702 e. The molecule has 0 radical (unpaired) electrons. The molecule has 0 aliphatic carbocycles. The van der Waals surface area contributed by atoms with Crippen LogP contribution in [0.3, 0.4) is 0 Å². The van der Waals surface area contributed by atoms with Crippen molar-refractivity contribution in [3.8, 4) is 22.4 Å². The van der Waals surface area contributed by atoms with Crippen LogP contribution in [0.5, 0.6) is 0 Å². The number of rotatable bonds is 2. The van der Waals surface area contributed by atoms with Crippen LogP contribution in [0.4, 0.5) is 0 Å². The normalized spacial score (nSPS) is 14.1. The highest BCUT2D eigenvalue weighted by Gasteiger charge is 2.00. The van der Waals surface area contributed by atoms with Crippen molar-refractivity contribution in [1.82, 2.24) is 4.98 Å². The molecule has 86 valence electrons. The van der Waals surface area contributed by atoms with Crippen LogP contribution in [0.1, 0.15) is 6.85 Å². The Balaban J connectivity index is 2.11. The molecule has 0 amide bonds. The van der Waals surface area contributed by atoms with Crippen LogP contribution in [0, 0.1) is 0 Å². The summed E-state index contributed by atoms with van der Waals surface area (Å²) in [5.74, 6) is 0. The second kappa shape index (κ2) is 4.84. The quantitative estimate of drug-likeness (QED) is 0.642. The zero-order valence-corrected chi connectivity index (χ0v) is 9.57. The summed E-state index contributed by atoms with van der Waals surface area (Å²) in [4.78, 5) is 4.35. The highest BCUT2D eigenvalue weighted by Crippen LogP contribution is 2.21. The number of nitrogens with zero attached hydrogens (tertiary/aromatic N) is 1. The molecule has 0 N–H and O–H groups in total. The lowest BCUT2D eigenvalue weighted by Crippen LogP contribution is -1.84. The molecule has 1 heterocycles. The molecule has 1 nitrogen and oxygen atoms in total. The van der Waals surface area contributed by atoms with Crippen LogP contribution in [-0.2, 0) is 0 Å². The van der Waals surface area contributed by atoms with E-state index >= 15 is 0 Å². The first-order valence-corrected chi connectivity index (χ1v) is 5.59. The van der Waals surface area contributed by atoms with Gasteiger partial charge in [0, 0.05) is 17.3 Å². The van der Waals surface area contributed by atoms with Crippen molar-refractivity contribution >= 4 is 0 Å². The molecule has 0 aliphatic heterocycles. The van der Waals surface area contributed by atoms with Crippen molar-refractivity contribution in [1.29, 1.82) is 0 Å². The first kappa shape index (κ1) is 6.50. The Kier molecular flexibility index (Phi) is 1.75. The van der Waals surface area contributed by atoms with E-state index in [9.17, 15) is 0 Å². The van der Waals surface area contributed by atoms with Crippen molar-refractivity contribution in [3.05, 3.63) is 78.9 Å². The number of pyridine rings is 1. The minimum absolute atomic E-state index is 0.170. The van der Waals surface area contributed by atoms with Crippen LogP contribution in [0.2, 0.25) is 0 Å². The van der Waals surface area contributed by atoms with Crippen LogP contribution in [-0.4, -0.2) is 4.98 Å². The summed E-state index contributed by atoms with van der Waals surface area (Å²) in [6.45, 7) is 0. The van der Waals surface area contributed by atoms with Gasteiger partial charge < -0.3 is 0 Å². The van der Waals surface area contributed by atoms with Gasteiger partial charge in [0.05, 0.1) is 12.5 Å². The summed E-state index contributed by atoms with van der Waals surface area (Å²) in [5, 5.41) is 0. The Hall–Kier alpha value is -2.41. The third kappa shape index (κ3) is 2.16. The van der Waals surface area contributed by atoms with Gasteiger partial charge in [0.15, 0.2) is 0 Å². The van der Waals surface area contributed by atoms with Gasteiger partial charge in [-0.15, -0.1) is 0 Å². The molecule has 0 spiro atoms. The highest BCUT2D eigenvalue weighted by molar-refractivity contribution is 5.66. The molecule has 18 heavy (non-hydrogen) atoms. The van der Waals surface area contributed by atoms with Crippen LogP contribution in [0.25, 0.3) is 22.4 Å². The molecule has 0 bridgehead atoms. The van der Waals surface area contributed by atoms with Gasteiger partial charge in [0.1, 0.15) is 0 Å². The van der Waals surface area contributed by atoms with E-state index in [2.05, 4.69) is 4.98 Å². The lowest BCUT2D eigenvalue weighted by Gasteiger charge is -2.03. The van der Waals surface area contributed by atoms with Gasteiger partial charge in [-0.1, -0.05) is 66.6 Å². The molecular formula is C17H13N. The Morgan fingerprint density at radius 1 is 0.722 bits per heavy atom. The molecule has 0 unspecified atom stereocenters. The van der Waals surface area contributed by atoms with Gasteiger partial charge in [-0.05, 0) is 11.6 Å². The van der Waals surface area contributed by atoms with Crippen molar-refractivity contribution in [3.63, 3.8) is 0 Å². The molecule has 1 aromatic heterocycles. The second-order valence-corrected chi connectivity index (χ2v) is 3.80. The fraction of sp³-hybridized carbons (Fsp3) is 0. The molecule has 0 fully saturated rings. The monoisotopic (exact) mass is 236 g/mol. The van der Waals surface area contributed by atoms with Gasteiger partial charge in [-0.25, -0.2) is 0 Å². The van der Waals surface area contributed by atoms with Crippen LogP contribution < -0.4 is 0 Å². The van der Waals surface area contributed by atoms with Crippen molar-refractivity contribution < 1.29 is 6.85 Å². The van der Waals surface area contributed by atoms with E-state index in [0.717, 1.165) is 11.3 Å². The smallest absolute Gasteiger partial charge is 0.0702 e. The largest absolute Gasteiger partial charge is 0.256 e. The topological polar surface area (TPSA) is 12.9 Å². The van der Waals surface area contributed by atoms with Crippen LogP contribution >= 0.6 is 0 Å². The van der Waals surface area contributed by atoms with Gasteiger partial charge >= 0.3 is 0 Å². The zero-order chi connectivity index (χ0) is 16.6. The molecule has 0 saturated heterocycles. The minimum Gasteiger partial charge on any atom is -0.256 e. The molecule has 0 aliphatic rings. The van der Waals surface area contributed by atoms with E-state index in [4.69, 9.17) is 6.85 Å². The predicted molar refractivity (Wildman–Crippen MR) is 75.1 cm³/mol. The molecular weight excluding hydrogens is 218 g/mol. The lowest BCUT2D eigenvalue weighted by atomic mass is 10.1. The van der Waals surface area contributed by atoms with E-state index in [1.807, 2.05) is 30.3 Å². The lowest BCUT2D eigenvalue weighted by molar-refractivity contribution is 1.32. The first-order chi connectivity index (χ1) is 11.0. The van der Waals surface area contributed by atoms with Gasteiger partial charge in [-0.3, -0.25) is 4.98 Å². The van der Waals surface area contributed by atoms with Gasteiger partial charge in [0.2, 0.25) is 0 Å². The molecule has 3 rings (SSSR count). The van der Waals surface area contributed by atoms with Gasteiger partial charge in [-0.2, -0.15) is 0 Å². The Labute approximate surface area is 114 Å². The summed E-state index contributed by atoms with van der Waals surface area (Å²) in [6.07, 6.45) is 1.54. The molecule has 0 atom stereocenters. The Morgan fingerprint density at radius 3 is 2.17 bits per heavy atom. The van der Waals surface area contributed by atoms with E-state index < -0.39 is 6.04 Å². The summed E-state index contributed by atoms with van der Waals surface area (Å²) in [6, 6.07) is 11.6. The highest BCUT2D eigenvalue weighted by atomic mass is 14.7. The predicted octanol–water partition coefficient (Wildman–Crippen LogP) is 4.42. The fourth-order valence-corrected chi connectivity index (χ4v) is 1.72. The fourth-order valence-electron chi connectivity index (χ4n) is 1.72. The summed E-state index contributed by atoms with van der Waals surface area (Å²) >= 11 is 0. The Morgan fingerprint density at radius 2 is 1.50 bits per heavy atom. The zero-order valence-electron chi connectivity index (χ0n) is 14.6. The molecule has 2 aromatic carbocycles. The number of benzene rings is 2. The standard InChI is InChI=1S/C17H13N/c1-3-7-14(8-4-1)16-11-12-17(18-13-16)15-9-5-2-6-10-15/h1-13H/i1D,3D,4D,7D,8D. The number of hydrogen-bond donors (Lipinski definition) is 0. The van der Waals surface area contributed by atoms with Crippen LogP contribution in [0.15, 0.2) is 78.9 Å². The van der Waals surface area contributed by atoms with Crippen molar-refractivity contribution in [2.24, 2.45) is 0 Å². The van der Waals surface area contributed by atoms with E-state index in [-0.39, 0.29) is 29.7 Å². The third-order valence-corrected chi connectivity index (χ3v) is 2.62. The maximum atomic E-state index is 7.99. The van der Waals surface area contributed by atoms with E-state index in [0.29, 0.717) is 5.56 Å². The first-order valence-electron chi connectivity index (χ1n) is 8.09. The second-order valence-electron chi connectivity index (χ2n) is 3.80. The summed E-state index contributed by atoms with van der Waals surface area (Å²) < 4.78 is 39.1. The summed E-state index contributed by atoms with van der Waals surface area (Å²) in [5.41, 5.74) is 2.40. The molecule has 1 heteroatoms. The van der Waals surface area contributed by atoms with Crippen molar-refractivity contribution in [2.75, 3.05) is 0 Å². The average molecular weight is 236 g/mol. The molecule has 0 saturated carbocycles. The molecule has 3 aromatic rings. The third-order valence-electron chi connectivity index (χ3n) is 2.62.